The van der Waals surface area contributed by atoms with E-state index in [2.05, 4.69) is 54.0 Å². The highest BCUT2D eigenvalue weighted by molar-refractivity contribution is 5.56. The van der Waals surface area contributed by atoms with Crippen LogP contribution in [0.4, 0.5) is 5.69 Å². The lowest BCUT2D eigenvalue weighted by atomic mass is 10.0. The fourth-order valence-corrected chi connectivity index (χ4v) is 2.23. The van der Waals surface area contributed by atoms with Gasteiger partial charge in [0.1, 0.15) is 5.69 Å². The molecule has 1 nitrogen and oxygen atoms in total. The Morgan fingerprint density at radius 1 is 0.857 bits per heavy atom. The van der Waals surface area contributed by atoms with Gasteiger partial charge in [0.05, 0.1) is 21.1 Å². The molecule has 0 atom stereocenters. The third kappa shape index (κ3) is 2.82. The fourth-order valence-electron chi connectivity index (χ4n) is 2.23. The Morgan fingerprint density at radius 3 is 1.50 bits per heavy atom. The van der Waals surface area contributed by atoms with Gasteiger partial charge in [-0.1, -0.05) is 17.7 Å². The van der Waals surface area contributed by atoms with Crippen molar-refractivity contribution in [1.29, 1.82) is 0 Å². The van der Waals surface area contributed by atoms with Crippen LogP contribution in [-0.2, 0) is 0 Å². The van der Waals surface area contributed by atoms with Crippen molar-refractivity contribution in [3.05, 3.63) is 28.8 Å². The van der Waals surface area contributed by atoms with E-state index in [1.807, 2.05) is 0 Å². The van der Waals surface area contributed by atoms with Gasteiger partial charge in [0, 0.05) is 11.1 Å². The number of rotatable bonds is 1. The Hall–Kier alpha value is -0.340. The van der Waals surface area contributed by atoms with Crippen molar-refractivity contribution in [3.63, 3.8) is 0 Å². The molecule has 0 aliphatic rings. The van der Waals surface area contributed by atoms with Gasteiger partial charge >= 0.3 is 0 Å². The van der Waals surface area contributed by atoms with Crippen LogP contribution < -0.4 is 21.5 Å². The topological polar surface area (TPSA) is 0 Å². The van der Waals surface area contributed by atoms with Crippen molar-refractivity contribution in [2.24, 2.45) is 0 Å². The third-order valence-corrected chi connectivity index (χ3v) is 2.31. The van der Waals surface area contributed by atoms with Crippen LogP contribution >= 0.6 is 0 Å². The first kappa shape index (κ1) is 13.7. The number of quaternary nitrogens is 1. The van der Waals surface area contributed by atoms with Crippen LogP contribution in [0.1, 0.15) is 16.7 Å². The number of nitrogens with zero attached hydrogens (tertiary/aromatic N) is 1. The van der Waals surface area contributed by atoms with E-state index in [1.54, 1.807) is 0 Å². The van der Waals surface area contributed by atoms with E-state index >= 15 is 0 Å². The van der Waals surface area contributed by atoms with Gasteiger partial charge in [0.15, 0.2) is 0 Å². The Morgan fingerprint density at radius 2 is 1.21 bits per heavy atom. The van der Waals surface area contributed by atoms with Gasteiger partial charge in [-0.05, 0) is 20.8 Å². The van der Waals surface area contributed by atoms with Crippen LogP contribution in [0.3, 0.4) is 0 Å². The minimum absolute atomic E-state index is 0. The van der Waals surface area contributed by atoms with Crippen molar-refractivity contribution in [3.8, 4) is 0 Å². The molecular formula is C12H20BrN. The lowest BCUT2D eigenvalue weighted by molar-refractivity contribution is -0.00000329. The molecule has 0 bridgehead atoms. The summed E-state index contributed by atoms with van der Waals surface area (Å²) in [5.74, 6) is 0. The Kier molecular flexibility index (Phi) is 4.34. The molecule has 1 aromatic carbocycles. The summed E-state index contributed by atoms with van der Waals surface area (Å²) in [6, 6.07) is 4.51. The molecule has 0 saturated carbocycles. The predicted molar refractivity (Wildman–Crippen MR) is 60.2 cm³/mol. The summed E-state index contributed by atoms with van der Waals surface area (Å²) in [7, 11) is 6.64. The molecule has 0 fully saturated rings. The molecule has 1 rings (SSSR count). The van der Waals surface area contributed by atoms with Gasteiger partial charge in [0.25, 0.3) is 0 Å². The zero-order valence-electron chi connectivity index (χ0n) is 9.98. The Balaban J connectivity index is 0.00000169. The van der Waals surface area contributed by atoms with Gasteiger partial charge in [-0.2, -0.15) is 0 Å². The first-order valence-electron chi connectivity index (χ1n) is 4.72. The predicted octanol–water partition coefficient (Wildman–Crippen LogP) is -0.187. The van der Waals surface area contributed by atoms with E-state index in [1.165, 1.54) is 22.4 Å². The molecule has 0 radical (unpaired) electrons. The smallest absolute Gasteiger partial charge is 0.138 e. The van der Waals surface area contributed by atoms with E-state index < -0.39 is 0 Å². The summed E-state index contributed by atoms with van der Waals surface area (Å²) in [6.07, 6.45) is 0. The SMILES string of the molecule is Cc1cc(C)c([N+](C)(C)C)c(C)c1.[Br-]. The molecule has 80 valence electrons. The van der Waals surface area contributed by atoms with Gasteiger partial charge in [-0.3, -0.25) is 4.48 Å². The zero-order valence-corrected chi connectivity index (χ0v) is 11.6. The molecule has 1 aromatic rings. The van der Waals surface area contributed by atoms with Gasteiger partial charge in [-0.25, -0.2) is 0 Å². The molecule has 14 heavy (non-hydrogen) atoms. The standard InChI is InChI=1S/C12H20N.BrH/c1-9-7-10(2)12(11(3)8-9)13(4,5)6;/h7-8H,1-6H3;1H/q+1;/p-1. The maximum atomic E-state index is 2.26. The molecule has 0 N–H and O–H groups in total. The number of aryl methyl sites for hydroxylation is 3. The van der Waals surface area contributed by atoms with Crippen LogP contribution in [-0.4, -0.2) is 21.1 Å². The molecule has 0 aromatic heterocycles. The number of halogens is 1. The van der Waals surface area contributed by atoms with E-state index in [0.29, 0.717) is 0 Å². The molecule has 0 amide bonds. The maximum absolute atomic E-state index is 2.26. The van der Waals surface area contributed by atoms with E-state index in [4.69, 9.17) is 0 Å². The number of hydrogen-bond acceptors (Lipinski definition) is 0. The Bertz CT molecular complexity index is 301. The van der Waals surface area contributed by atoms with Crippen LogP contribution in [0.25, 0.3) is 0 Å². The minimum Gasteiger partial charge on any atom is -1.00 e. The van der Waals surface area contributed by atoms with Crippen LogP contribution in [0.2, 0.25) is 0 Å². The average Bonchev–Trinajstić information content (AvgIpc) is 1.78. The first-order valence-corrected chi connectivity index (χ1v) is 4.72. The monoisotopic (exact) mass is 257 g/mol. The summed E-state index contributed by atoms with van der Waals surface area (Å²) in [5.41, 5.74) is 5.58. The van der Waals surface area contributed by atoms with Crippen molar-refractivity contribution in [1.82, 2.24) is 4.48 Å². The highest BCUT2D eigenvalue weighted by Gasteiger charge is 2.18. The number of benzene rings is 1. The highest BCUT2D eigenvalue weighted by atomic mass is 79.9. The summed E-state index contributed by atoms with van der Waals surface area (Å²) >= 11 is 0. The second-order valence-electron chi connectivity index (χ2n) is 4.76. The van der Waals surface area contributed by atoms with Crippen molar-refractivity contribution < 1.29 is 17.0 Å². The molecule has 0 aliphatic heterocycles. The van der Waals surface area contributed by atoms with Gasteiger partial charge in [0.2, 0.25) is 0 Å². The molecule has 2 heteroatoms. The average molecular weight is 258 g/mol. The summed E-state index contributed by atoms with van der Waals surface area (Å²) < 4.78 is 0.901. The largest absolute Gasteiger partial charge is 1.00 e. The normalized spacial score (nSPS) is 11.0. The fraction of sp³-hybridized carbons (Fsp3) is 0.500. The van der Waals surface area contributed by atoms with Crippen LogP contribution in [0.15, 0.2) is 12.1 Å². The summed E-state index contributed by atoms with van der Waals surface area (Å²) in [4.78, 5) is 0. The molecule has 0 heterocycles. The van der Waals surface area contributed by atoms with Crippen molar-refractivity contribution in [2.45, 2.75) is 20.8 Å². The second kappa shape index (κ2) is 4.45. The van der Waals surface area contributed by atoms with E-state index in [0.717, 1.165) is 4.48 Å². The second-order valence-corrected chi connectivity index (χ2v) is 4.76. The molecule has 0 unspecified atom stereocenters. The zero-order chi connectivity index (χ0) is 10.2. The van der Waals surface area contributed by atoms with Crippen LogP contribution in [0, 0.1) is 20.8 Å². The van der Waals surface area contributed by atoms with E-state index in [-0.39, 0.29) is 17.0 Å². The maximum Gasteiger partial charge on any atom is 0.138 e. The first-order chi connectivity index (χ1) is 5.82. The van der Waals surface area contributed by atoms with E-state index in [9.17, 15) is 0 Å². The molecule has 0 spiro atoms. The molecule has 0 aliphatic carbocycles. The number of hydrogen-bond donors (Lipinski definition) is 0. The minimum atomic E-state index is 0. The quantitative estimate of drug-likeness (QED) is 0.613. The lowest BCUT2D eigenvalue weighted by Gasteiger charge is -2.27. The Labute approximate surface area is 98.1 Å². The third-order valence-electron chi connectivity index (χ3n) is 2.31. The van der Waals surface area contributed by atoms with Crippen molar-refractivity contribution in [2.75, 3.05) is 21.1 Å². The summed E-state index contributed by atoms with van der Waals surface area (Å²) in [6.45, 7) is 6.54. The highest BCUT2D eigenvalue weighted by Crippen LogP contribution is 2.27. The van der Waals surface area contributed by atoms with Gasteiger partial charge in [-0.15, -0.1) is 0 Å². The summed E-state index contributed by atoms with van der Waals surface area (Å²) in [5, 5.41) is 0. The lowest BCUT2D eigenvalue weighted by Crippen LogP contribution is -3.00. The van der Waals surface area contributed by atoms with Crippen molar-refractivity contribution >= 4 is 5.69 Å². The van der Waals surface area contributed by atoms with Crippen LogP contribution in [0.5, 0.6) is 0 Å². The molecular weight excluding hydrogens is 238 g/mol. The molecule has 0 saturated heterocycles. The van der Waals surface area contributed by atoms with Gasteiger partial charge < -0.3 is 17.0 Å².